The van der Waals surface area contributed by atoms with Gasteiger partial charge in [0.2, 0.25) is 23.6 Å². The SMILES string of the molecule is Cc1ncsc1-c1ccc(C(=O)[C@@H]2C[C@@H](O)CN2C(=O)[C@@H](NC(=O)CCCCCCNC(=O)CCCC(=O)Nc2cc3cc(-c4cncc(N)c4C)c(F)c(N)c3cn2)C(C)(C)C)cc1. The second-order valence-corrected chi connectivity index (χ2v) is 18.6. The molecular formula is C48H58FN9O6S. The van der Waals surface area contributed by atoms with Crippen LogP contribution in [0.25, 0.3) is 32.3 Å². The van der Waals surface area contributed by atoms with Gasteiger partial charge in [-0.3, -0.25) is 29.0 Å². The molecule has 0 bridgehead atoms. The van der Waals surface area contributed by atoms with E-state index >= 15 is 4.39 Å². The summed E-state index contributed by atoms with van der Waals surface area (Å²) in [5, 5.41) is 20.1. The van der Waals surface area contributed by atoms with E-state index in [1.54, 1.807) is 36.7 Å². The topological polar surface area (TPSA) is 236 Å². The van der Waals surface area contributed by atoms with Crippen molar-refractivity contribution in [3.63, 3.8) is 0 Å². The van der Waals surface area contributed by atoms with Gasteiger partial charge in [0.1, 0.15) is 11.9 Å². The fraction of sp³-hybridized carbons (Fsp3) is 0.417. The van der Waals surface area contributed by atoms with Crippen LogP contribution in [0.5, 0.6) is 0 Å². The molecule has 1 saturated heterocycles. The van der Waals surface area contributed by atoms with Gasteiger partial charge in [-0.25, -0.2) is 14.4 Å². The quantitative estimate of drug-likeness (QED) is 0.0301. The molecule has 1 aliphatic heterocycles. The maximum atomic E-state index is 15.3. The van der Waals surface area contributed by atoms with Gasteiger partial charge in [0.25, 0.3) is 0 Å². The van der Waals surface area contributed by atoms with Crippen LogP contribution in [0.4, 0.5) is 21.6 Å². The molecule has 3 atom stereocenters. The van der Waals surface area contributed by atoms with Crippen LogP contribution < -0.4 is 27.4 Å². The number of nitrogens with two attached hydrogens (primary N) is 2. The lowest BCUT2D eigenvalue weighted by Crippen LogP contribution is -2.56. The number of likely N-dealkylation sites (tertiary alicyclic amines) is 1. The molecule has 3 aromatic heterocycles. The molecule has 0 spiro atoms. The number of aliphatic hydroxyl groups is 1. The first kappa shape index (κ1) is 48.1. The number of nitrogens with zero attached hydrogens (tertiary/aromatic N) is 4. The van der Waals surface area contributed by atoms with Crippen molar-refractivity contribution >= 4 is 68.7 Å². The summed E-state index contributed by atoms with van der Waals surface area (Å²) in [4.78, 5) is 81.1. The highest BCUT2D eigenvalue weighted by molar-refractivity contribution is 7.13. The Labute approximate surface area is 382 Å². The van der Waals surface area contributed by atoms with Gasteiger partial charge in [-0.1, -0.05) is 57.9 Å². The zero-order valence-electron chi connectivity index (χ0n) is 37.5. The Balaban J connectivity index is 0.887. The average molecular weight is 908 g/mol. The Hall–Kier alpha value is -6.33. The number of unbranched alkanes of at least 4 members (excludes halogenated alkanes) is 3. The molecule has 17 heteroatoms. The summed E-state index contributed by atoms with van der Waals surface area (Å²) in [5.74, 6) is -1.80. The molecule has 4 amide bonds. The van der Waals surface area contributed by atoms with Crippen LogP contribution in [-0.4, -0.2) is 85.6 Å². The predicted molar refractivity (Wildman–Crippen MR) is 251 cm³/mol. The lowest BCUT2D eigenvalue weighted by atomic mass is 9.85. The molecule has 8 N–H and O–H groups in total. The number of nitrogens with one attached hydrogen (secondary N) is 3. The van der Waals surface area contributed by atoms with Crippen molar-refractivity contribution in [3.05, 3.63) is 83.1 Å². The molecule has 5 aromatic rings. The van der Waals surface area contributed by atoms with E-state index < -0.39 is 35.3 Å². The Morgan fingerprint density at radius 1 is 0.892 bits per heavy atom. The first-order valence-corrected chi connectivity index (χ1v) is 22.8. The summed E-state index contributed by atoms with van der Waals surface area (Å²) in [6, 6.07) is 8.66. The highest BCUT2D eigenvalue weighted by atomic mass is 32.1. The van der Waals surface area contributed by atoms with Crippen molar-refractivity contribution in [2.75, 3.05) is 29.9 Å². The van der Waals surface area contributed by atoms with E-state index in [0.29, 0.717) is 59.0 Å². The fourth-order valence-corrected chi connectivity index (χ4v) is 8.79. The predicted octanol–water partition coefficient (Wildman–Crippen LogP) is 6.89. The second kappa shape index (κ2) is 21.1. The van der Waals surface area contributed by atoms with Gasteiger partial charge < -0.3 is 37.4 Å². The van der Waals surface area contributed by atoms with Crippen molar-refractivity contribution in [1.82, 2.24) is 30.5 Å². The summed E-state index contributed by atoms with van der Waals surface area (Å²) < 4.78 is 15.3. The van der Waals surface area contributed by atoms with Crippen molar-refractivity contribution in [3.8, 4) is 21.6 Å². The Morgan fingerprint density at radius 3 is 2.31 bits per heavy atom. The summed E-state index contributed by atoms with van der Waals surface area (Å²) in [7, 11) is 0. The lowest BCUT2D eigenvalue weighted by molar-refractivity contribution is -0.140. The number of Topliss-reactive ketones (excluding diaryl/α,β-unsaturated/α-hetero) is 1. The lowest BCUT2D eigenvalue weighted by Gasteiger charge is -2.35. The molecule has 2 aromatic carbocycles. The van der Waals surface area contributed by atoms with E-state index in [1.807, 2.05) is 39.8 Å². The van der Waals surface area contributed by atoms with E-state index in [-0.39, 0.29) is 72.8 Å². The van der Waals surface area contributed by atoms with Crippen LogP contribution in [0.15, 0.2) is 60.5 Å². The first-order chi connectivity index (χ1) is 30.9. The second-order valence-electron chi connectivity index (χ2n) is 17.7. The van der Waals surface area contributed by atoms with Gasteiger partial charge in [-0.2, -0.15) is 0 Å². The molecule has 1 aliphatic rings. The van der Waals surface area contributed by atoms with Gasteiger partial charge in [0.05, 0.1) is 45.8 Å². The van der Waals surface area contributed by atoms with E-state index in [9.17, 15) is 29.1 Å². The van der Waals surface area contributed by atoms with Crippen molar-refractivity contribution in [2.45, 2.75) is 111 Å². The summed E-state index contributed by atoms with van der Waals surface area (Å²) in [6.45, 7) is 9.71. The maximum Gasteiger partial charge on any atom is 0.246 e. The van der Waals surface area contributed by atoms with E-state index in [1.165, 1.54) is 34.8 Å². The van der Waals surface area contributed by atoms with Crippen molar-refractivity contribution in [2.24, 2.45) is 5.41 Å². The summed E-state index contributed by atoms with van der Waals surface area (Å²) >= 11 is 1.52. The number of hydrogen-bond donors (Lipinski definition) is 6. The third kappa shape index (κ3) is 11.9. The normalized spacial score (nSPS) is 15.5. The zero-order valence-corrected chi connectivity index (χ0v) is 38.3. The number of carbonyl (C=O) groups is 5. The van der Waals surface area contributed by atoms with Gasteiger partial charge in [-0.05, 0) is 67.2 Å². The molecule has 344 valence electrons. The zero-order chi connectivity index (χ0) is 47.0. The molecule has 0 saturated carbocycles. The Kier molecular flexibility index (Phi) is 15.6. The van der Waals surface area contributed by atoms with Crippen LogP contribution in [0.1, 0.15) is 100 Å². The number of amides is 4. The number of hydrogen-bond acceptors (Lipinski definition) is 12. The number of pyridine rings is 2. The number of β-amino-alcohol motifs (C(OH)–C–C–N with tert-alkyl or cyclic N) is 1. The van der Waals surface area contributed by atoms with Crippen LogP contribution in [0.3, 0.4) is 0 Å². The van der Waals surface area contributed by atoms with Crippen LogP contribution in [0.2, 0.25) is 0 Å². The molecule has 0 aliphatic carbocycles. The fourth-order valence-electron chi connectivity index (χ4n) is 7.98. The first-order valence-electron chi connectivity index (χ1n) is 21.9. The molecular weight excluding hydrogens is 850 g/mol. The number of benzene rings is 2. The van der Waals surface area contributed by atoms with Crippen molar-refractivity contribution < 1.29 is 33.5 Å². The molecule has 0 radical (unpaired) electrons. The van der Waals surface area contributed by atoms with Gasteiger partial charge >= 0.3 is 0 Å². The highest BCUT2D eigenvalue weighted by Crippen LogP contribution is 2.36. The number of ketones is 1. The third-order valence-electron chi connectivity index (χ3n) is 11.7. The molecule has 4 heterocycles. The van der Waals surface area contributed by atoms with Gasteiger partial charge in [0, 0.05) is 73.2 Å². The number of aryl methyl sites for hydroxylation is 1. The number of fused-ring (bicyclic) bond motifs is 1. The molecule has 0 unspecified atom stereocenters. The van der Waals surface area contributed by atoms with Gasteiger partial charge in [0.15, 0.2) is 11.6 Å². The number of rotatable bonds is 18. The minimum absolute atomic E-state index is 0.000634. The van der Waals surface area contributed by atoms with Crippen LogP contribution >= 0.6 is 11.3 Å². The number of halogens is 1. The molecule has 15 nitrogen and oxygen atoms in total. The van der Waals surface area contributed by atoms with E-state index in [4.69, 9.17) is 11.5 Å². The number of aromatic nitrogens is 3. The van der Waals surface area contributed by atoms with E-state index in [0.717, 1.165) is 29.0 Å². The molecule has 65 heavy (non-hydrogen) atoms. The smallest absolute Gasteiger partial charge is 0.246 e. The largest absolute Gasteiger partial charge is 0.397 e. The number of aliphatic hydroxyl groups excluding tert-OH is 1. The standard InChI is InChI=1S/C48H58FN9O6S/c1-27-34(22-52-24-36(27)50)33-19-31-20-38(54-23-35(31)43(51)42(33)49)56-40(61)13-10-12-39(60)53-18-9-7-6-8-11-41(62)57-46(48(3,4)5)47(64)58-25-32(59)21-37(58)44(63)29-14-16-30(17-15-29)45-28(2)55-26-65-45/h14-17,19-20,22-24,26,32,37,46,59H,6-13,18,21,25,50-51H2,1-5H3,(H,53,60)(H,57,62)(H,54,56,61)/t32-,37+,46-/m1/s1. The Morgan fingerprint density at radius 2 is 1.60 bits per heavy atom. The highest BCUT2D eigenvalue weighted by Gasteiger charge is 2.44. The minimum atomic E-state index is -0.909. The Bertz CT molecular complexity index is 2560. The van der Waals surface area contributed by atoms with Gasteiger partial charge in [-0.15, -0.1) is 11.3 Å². The van der Waals surface area contributed by atoms with Crippen LogP contribution in [-0.2, 0) is 19.2 Å². The van der Waals surface area contributed by atoms with E-state index in [2.05, 4.69) is 30.9 Å². The van der Waals surface area contributed by atoms with Crippen LogP contribution in [0, 0.1) is 25.1 Å². The number of anilines is 3. The molecule has 1 fully saturated rings. The number of thiazole rings is 1. The summed E-state index contributed by atoms with van der Waals surface area (Å²) in [5.41, 5.74) is 17.3. The third-order valence-corrected chi connectivity index (χ3v) is 12.7. The average Bonchev–Trinajstić information content (AvgIpc) is 3.88. The molecule has 6 rings (SSSR count). The minimum Gasteiger partial charge on any atom is -0.397 e. The number of carbonyl (C=O) groups excluding carboxylic acids is 5. The summed E-state index contributed by atoms with van der Waals surface area (Å²) in [6.07, 6.45) is 7.22. The maximum absolute atomic E-state index is 15.3. The monoisotopic (exact) mass is 907 g/mol. The van der Waals surface area contributed by atoms with Crippen molar-refractivity contribution in [1.29, 1.82) is 0 Å². The number of nitrogen functional groups attached to an aromatic ring is 2.